The van der Waals surface area contributed by atoms with E-state index < -0.39 is 5.60 Å². The quantitative estimate of drug-likeness (QED) is 0.526. The minimum Gasteiger partial charge on any atom is -0.389 e. The summed E-state index contributed by atoms with van der Waals surface area (Å²) in [6, 6.07) is 0. The highest BCUT2D eigenvalue weighted by molar-refractivity contribution is 5.22. The van der Waals surface area contributed by atoms with Crippen LogP contribution in [0, 0.1) is 17.3 Å². The molecule has 0 spiro atoms. The molecule has 2 bridgehead atoms. The van der Waals surface area contributed by atoms with E-state index in [2.05, 4.69) is 26.0 Å². The zero-order valence-electron chi connectivity index (χ0n) is 7.46. The fourth-order valence-electron chi connectivity index (χ4n) is 2.50. The number of hydrogen-bond acceptors (Lipinski definition) is 1. The fourth-order valence-corrected chi connectivity index (χ4v) is 2.50. The van der Waals surface area contributed by atoms with Gasteiger partial charge in [0.15, 0.2) is 0 Å². The van der Waals surface area contributed by atoms with Crippen molar-refractivity contribution >= 4 is 0 Å². The molecule has 1 N–H and O–H groups in total. The molecule has 0 heterocycles. The van der Waals surface area contributed by atoms with Crippen molar-refractivity contribution < 1.29 is 5.11 Å². The first-order chi connectivity index (χ1) is 4.96. The van der Waals surface area contributed by atoms with Gasteiger partial charge >= 0.3 is 0 Å². The second kappa shape index (κ2) is 1.71. The Labute approximate surface area is 68.1 Å². The molecule has 1 saturated carbocycles. The first kappa shape index (κ1) is 7.35. The lowest BCUT2D eigenvalue weighted by molar-refractivity contribution is -0.0599. The van der Waals surface area contributed by atoms with Gasteiger partial charge in [-0.05, 0) is 19.3 Å². The Balaban J connectivity index is 2.45. The maximum absolute atomic E-state index is 10.2. The zero-order chi connectivity index (χ0) is 8.28. The second-order valence-corrected chi connectivity index (χ2v) is 4.70. The molecule has 2 rings (SSSR count). The molecule has 1 nitrogen and oxygen atoms in total. The molecule has 2 aliphatic rings. The predicted molar refractivity (Wildman–Crippen MR) is 45.1 cm³/mol. The average molecular weight is 152 g/mol. The summed E-state index contributed by atoms with van der Waals surface area (Å²) < 4.78 is 0. The monoisotopic (exact) mass is 152 g/mol. The van der Waals surface area contributed by atoms with Crippen LogP contribution in [0.4, 0.5) is 0 Å². The zero-order valence-corrected chi connectivity index (χ0v) is 7.46. The van der Waals surface area contributed by atoms with Crippen molar-refractivity contribution in [2.24, 2.45) is 17.3 Å². The molecule has 0 amide bonds. The Hall–Kier alpha value is -0.300. The second-order valence-electron chi connectivity index (χ2n) is 4.70. The van der Waals surface area contributed by atoms with E-state index in [0.29, 0.717) is 11.8 Å². The molecule has 0 aromatic heterocycles. The van der Waals surface area contributed by atoms with Crippen LogP contribution < -0.4 is 0 Å². The largest absolute Gasteiger partial charge is 0.389 e. The number of allylic oxidation sites excluding steroid dienone is 1. The highest BCUT2D eigenvalue weighted by atomic mass is 16.3. The van der Waals surface area contributed by atoms with E-state index in [-0.39, 0.29) is 5.41 Å². The van der Waals surface area contributed by atoms with Crippen molar-refractivity contribution in [1.82, 2.24) is 0 Å². The molecule has 0 radical (unpaired) electrons. The van der Waals surface area contributed by atoms with Gasteiger partial charge in [0.05, 0.1) is 5.60 Å². The van der Waals surface area contributed by atoms with E-state index in [1.54, 1.807) is 0 Å². The minimum absolute atomic E-state index is 0.0758. The van der Waals surface area contributed by atoms with Gasteiger partial charge in [-0.15, -0.1) is 0 Å². The summed E-state index contributed by atoms with van der Waals surface area (Å²) in [5.74, 6) is 1.00. The van der Waals surface area contributed by atoms with Crippen molar-refractivity contribution in [3.05, 3.63) is 12.2 Å². The molecular weight excluding hydrogens is 136 g/mol. The van der Waals surface area contributed by atoms with Crippen molar-refractivity contribution in [2.45, 2.75) is 32.8 Å². The van der Waals surface area contributed by atoms with Gasteiger partial charge in [0.2, 0.25) is 0 Å². The van der Waals surface area contributed by atoms with E-state index in [0.717, 1.165) is 6.42 Å². The van der Waals surface area contributed by atoms with E-state index in [1.807, 2.05) is 6.92 Å². The van der Waals surface area contributed by atoms with Crippen LogP contribution >= 0.6 is 0 Å². The van der Waals surface area contributed by atoms with Gasteiger partial charge in [-0.1, -0.05) is 26.0 Å². The Bertz CT molecular complexity index is 191. The van der Waals surface area contributed by atoms with Crippen LogP contribution in [0.25, 0.3) is 0 Å². The van der Waals surface area contributed by atoms with Crippen LogP contribution in [0.15, 0.2) is 12.2 Å². The average Bonchev–Trinajstić information content (AvgIpc) is 2.37. The molecule has 0 saturated heterocycles. The maximum atomic E-state index is 10.2. The number of rotatable bonds is 0. The fraction of sp³-hybridized carbons (Fsp3) is 0.800. The van der Waals surface area contributed by atoms with E-state index >= 15 is 0 Å². The summed E-state index contributed by atoms with van der Waals surface area (Å²) in [6.07, 6.45) is 5.60. The maximum Gasteiger partial charge on any atom is 0.0738 e. The third-order valence-electron chi connectivity index (χ3n) is 4.04. The lowest BCUT2D eigenvalue weighted by Crippen LogP contribution is -2.44. The SMILES string of the molecule is CC1(C)[C@H]2C=C[C@H](C2)C1(C)O. The summed E-state index contributed by atoms with van der Waals surface area (Å²) in [6.45, 7) is 6.31. The van der Waals surface area contributed by atoms with Gasteiger partial charge in [-0.2, -0.15) is 0 Å². The molecule has 11 heavy (non-hydrogen) atoms. The van der Waals surface area contributed by atoms with Crippen LogP contribution in [0.3, 0.4) is 0 Å². The molecule has 3 atom stereocenters. The summed E-state index contributed by atoms with van der Waals surface area (Å²) in [7, 11) is 0. The van der Waals surface area contributed by atoms with E-state index in [9.17, 15) is 5.11 Å². The molecule has 2 aliphatic carbocycles. The smallest absolute Gasteiger partial charge is 0.0738 e. The molecule has 0 aromatic rings. The topological polar surface area (TPSA) is 20.2 Å². The highest BCUT2D eigenvalue weighted by Gasteiger charge is 2.57. The Morgan fingerprint density at radius 3 is 2.00 bits per heavy atom. The first-order valence-corrected chi connectivity index (χ1v) is 4.37. The standard InChI is InChI=1S/C10H16O/c1-9(2)7-4-5-8(6-7)10(9,3)11/h4-5,7-8,11H,6H2,1-3H3/t7-,8+,10?/m0/s1. The molecule has 1 fully saturated rings. The van der Waals surface area contributed by atoms with Gasteiger partial charge < -0.3 is 5.11 Å². The Kier molecular flexibility index (Phi) is 1.15. The van der Waals surface area contributed by atoms with Crippen LogP contribution in [0.2, 0.25) is 0 Å². The number of aliphatic hydroxyl groups is 1. The van der Waals surface area contributed by atoms with Gasteiger partial charge in [0.1, 0.15) is 0 Å². The summed E-state index contributed by atoms with van der Waals surface area (Å²) >= 11 is 0. The van der Waals surface area contributed by atoms with E-state index in [4.69, 9.17) is 0 Å². The third-order valence-corrected chi connectivity index (χ3v) is 4.04. The van der Waals surface area contributed by atoms with E-state index in [1.165, 1.54) is 0 Å². The van der Waals surface area contributed by atoms with Gasteiger partial charge in [0, 0.05) is 11.3 Å². The van der Waals surface area contributed by atoms with Crippen LogP contribution in [-0.2, 0) is 0 Å². The van der Waals surface area contributed by atoms with Crippen LogP contribution in [0.5, 0.6) is 0 Å². The predicted octanol–water partition coefficient (Wildman–Crippen LogP) is 1.97. The minimum atomic E-state index is -0.480. The lowest BCUT2D eigenvalue weighted by Gasteiger charge is -2.41. The van der Waals surface area contributed by atoms with Gasteiger partial charge in [0.25, 0.3) is 0 Å². The Morgan fingerprint density at radius 1 is 1.18 bits per heavy atom. The molecular formula is C10H16O. The lowest BCUT2D eigenvalue weighted by atomic mass is 9.69. The van der Waals surface area contributed by atoms with Crippen molar-refractivity contribution in [2.75, 3.05) is 0 Å². The third kappa shape index (κ3) is 0.652. The molecule has 1 unspecified atom stereocenters. The van der Waals surface area contributed by atoms with Crippen molar-refractivity contribution in [3.63, 3.8) is 0 Å². The van der Waals surface area contributed by atoms with Crippen LogP contribution in [-0.4, -0.2) is 10.7 Å². The Morgan fingerprint density at radius 2 is 1.73 bits per heavy atom. The summed E-state index contributed by atoms with van der Waals surface area (Å²) in [5, 5.41) is 10.2. The molecule has 1 heteroatoms. The van der Waals surface area contributed by atoms with Crippen molar-refractivity contribution in [3.8, 4) is 0 Å². The van der Waals surface area contributed by atoms with Gasteiger partial charge in [-0.3, -0.25) is 0 Å². The summed E-state index contributed by atoms with van der Waals surface area (Å²) in [5.41, 5.74) is -0.404. The van der Waals surface area contributed by atoms with Crippen molar-refractivity contribution in [1.29, 1.82) is 0 Å². The highest BCUT2D eigenvalue weighted by Crippen LogP contribution is 2.57. The summed E-state index contributed by atoms with van der Waals surface area (Å²) in [4.78, 5) is 0. The van der Waals surface area contributed by atoms with Crippen LogP contribution in [0.1, 0.15) is 27.2 Å². The first-order valence-electron chi connectivity index (χ1n) is 4.37. The number of fused-ring (bicyclic) bond motifs is 2. The molecule has 62 valence electrons. The molecule has 0 aromatic carbocycles. The molecule has 0 aliphatic heterocycles. The number of hydrogen-bond donors (Lipinski definition) is 1. The van der Waals surface area contributed by atoms with Gasteiger partial charge in [-0.25, -0.2) is 0 Å². The normalized spacial score (nSPS) is 52.0.